The highest BCUT2D eigenvalue weighted by atomic mass is 16.5. The fraction of sp³-hybridized carbons (Fsp3) is 0.630. The molecule has 4 bridgehead atoms. The highest BCUT2D eigenvalue weighted by Crippen LogP contribution is 2.55. The third-order valence-corrected chi connectivity index (χ3v) is 9.57. The van der Waals surface area contributed by atoms with E-state index in [1.165, 1.54) is 36.8 Å². The first-order chi connectivity index (χ1) is 17.1. The van der Waals surface area contributed by atoms with Crippen molar-refractivity contribution in [3.05, 3.63) is 52.0 Å². The lowest BCUT2D eigenvalue weighted by Crippen LogP contribution is -2.60. The number of benzene rings is 1. The van der Waals surface area contributed by atoms with Gasteiger partial charge in [0.1, 0.15) is 0 Å². The number of carbonyl (C=O) groups is 2. The van der Waals surface area contributed by atoms with E-state index in [2.05, 4.69) is 14.9 Å². The number of fused-ring (bicyclic) bond motifs is 2. The van der Waals surface area contributed by atoms with E-state index in [1.807, 2.05) is 0 Å². The Balaban J connectivity index is 0.971. The minimum Gasteiger partial charge on any atom is -0.571 e. The van der Waals surface area contributed by atoms with Gasteiger partial charge in [-0.25, -0.2) is 0 Å². The van der Waals surface area contributed by atoms with Crippen molar-refractivity contribution in [2.75, 3.05) is 32.7 Å². The molecule has 1 aromatic heterocycles. The molecule has 0 N–H and O–H groups in total. The summed E-state index contributed by atoms with van der Waals surface area (Å²) in [5, 5.41) is 16.4. The van der Waals surface area contributed by atoms with Crippen LogP contribution in [0.25, 0.3) is 0 Å². The summed E-state index contributed by atoms with van der Waals surface area (Å²) >= 11 is 0. The molecule has 184 valence electrons. The third kappa shape index (κ3) is 3.48. The SMILES string of the molecule is O=C1c2ccccc2C(=O)c2c1n[n+]([O-])n2CCCN1CCN(C2C3CC4CC(C3)CC2C4)CC1. The van der Waals surface area contributed by atoms with E-state index in [9.17, 15) is 14.8 Å². The number of rotatable bonds is 5. The summed E-state index contributed by atoms with van der Waals surface area (Å²) in [6, 6.07) is 7.54. The molecule has 0 spiro atoms. The van der Waals surface area contributed by atoms with Gasteiger partial charge in [0.05, 0.1) is 6.54 Å². The molecule has 35 heavy (non-hydrogen) atoms. The molecular formula is C27H33N5O3. The number of hydrogen-bond donors (Lipinski definition) is 0. The first-order valence-electron chi connectivity index (χ1n) is 13.4. The van der Waals surface area contributed by atoms with Crippen molar-refractivity contribution in [2.24, 2.45) is 23.7 Å². The van der Waals surface area contributed by atoms with Gasteiger partial charge in [-0.2, -0.15) is 0 Å². The lowest BCUT2D eigenvalue weighted by atomic mass is 9.54. The molecule has 1 saturated heterocycles. The van der Waals surface area contributed by atoms with Crippen LogP contribution in [0.3, 0.4) is 0 Å². The van der Waals surface area contributed by atoms with Gasteiger partial charge in [0.2, 0.25) is 17.3 Å². The molecule has 0 atom stereocenters. The monoisotopic (exact) mass is 475 g/mol. The maximum Gasteiger partial charge on any atom is 0.220 e. The quantitative estimate of drug-likeness (QED) is 0.415. The Kier molecular flexibility index (Phi) is 5.10. The third-order valence-electron chi connectivity index (χ3n) is 9.57. The molecule has 2 heterocycles. The summed E-state index contributed by atoms with van der Waals surface area (Å²) in [7, 11) is 0. The van der Waals surface area contributed by atoms with Crippen LogP contribution < -0.4 is 4.96 Å². The van der Waals surface area contributed by atoms with E-state index in [0.29, 0.717) is 22.6 Å². The van der Waals surface area contributed by atoms with E-state index in [1.54, 1.807) is 24.3 Å². The van der Waals surface area contributed by atoms with Gasteiger partial charge in [-0.1, -0.05) is 24.3 Å². The van der Waals surface area contributed by atoms with Gasteiger partial charge in [0, 0.05) is 60.0 Å². The van der Waals surface area contributed by atoms with Crippen LogP contribution in [0.15, 0.2) is 24.3 Å². The molecule has 6 aliphatic rings. The van der Waals surface area contributed by atoms with E-state index in [0.717, 1.165) is 68.9 Å². The van der Waals surface area contributed by atoms with Gasteiger partial charge < -0.3 is 10.1 Å². The highest BCUT2D eigenvalue weighted by molar-refractivity contribution is 6.26. The van der Waals surface area contributed by atoms with Crippen molar-refractivity contribution in [2.45, 2.75) is 51.1 Å². The lowest BCUT2D eigenvalue weighted by molar-refractivity contribution is -0.749. The van der Waals surface area contributed by atoms with Crippen LogP contribution in [0.1, 0.15) is 70.6 Å². The number of piperazine rings is 1. The first kappa shape index (κ1) is 21.7. The average Bonchev–Trinajstić information content (AvgIpc) is 3.19. The molecule has 0 amide bonds. The van der Waals surface area contributed by atoms with Crippen molar-refractivity contribution in [1.82, 2.24) is 19.6 Å². The Morgan fingerprint density at radius 3 is 2.14 bits per heavy atom. The smallest absolute Gasteiger partial charge is 0.220 e. The molecule has 8 heteroatoms. The molecule has 0 radical (unpaired) electrons. The van der Waals surface area contributed by atoms with Gasteiger partial charge in [0.15, 0.2) is 5.69 Å². The zero-order valence-electron chi connectivity index (χ0n) is 20.1. The zero-order valence-corrected chi connectivity index (χ0v) is 20.1. The van der Waals surface area contributed by atoms with Gasteiger partial charge in [-0.15, -0.1) is 4.68 Å². The molecule has 8 nitrogen and oxygen atoms in total. The predicted octanol–water partition coefficient (Wildman–Crippen LogP) is 2.12. The maximum absolute atomic E-state index is 13.1. The van der Waals surface area contributed by atoms with Crippen LogP contribution in [0.2, 0.25) is 0 Å². The van der Waals surface area contributed by atoms with Crippen LogP contribution in [0.4, 0.5) is 0 Å². The second kappa shape index (κ2) is 8.23. The summed E-state index contributed by atoms with van der Waals surface area (Å²) in [5.74, 6) is 3.26. The van der Waals surface area contributed by atoms with Crippen molar-refractivity contribution < 1.29 is 14.5 Å². The molecule has 1 aliphatic heterocycles. The molecule has 1 aromatic carbocycles. The van der Waals surface area contributed by atoms with Gasteiger partial charge in [-0.05, 0) is 62.2 Å². The average molecular weight is 476 g/mol. The molecule has 8 rings (SSSR count). The Bertz CT molecular complexity index is 1150. The molecule has 4 saturated carbocycles. The topological polar surface area (TPSA) is 85.4 Å². The Morgan fingerprint density at radius 1 is 0.857 bits per heavy atom. The number of carbonyl (C=O) groups excluding carboxylic acids is 2. The van der Waals surface area contributed by atoms with Crippen LogP contribution in [-0.2, 0) is 6.54 Å². The molecule has 0 unspecified atom stereocenters. The maximum atomic E-state index is 13.1. The fourth-order valence-electron chi connectivity index (χ4n) is 8.33. The molecule has 5 fully saturated rings. The zero-order chi connectivity index (χ0) is 23.7. The molecule has 5 aliphatic carbocycles. The minimum absolute atomic E-state index is 0.0204. The largest absolute Gasteiger partial charge is 0.571 e. The summed E-state index contributed by atoms with van der Waals surface area (Å²) < 4.78 is 1.34. The van der Waals surface area contributed by atoms with Crippen molar-refractivity contribution >= 4 is 11.6 Å². The van der Waals surface area contributed by atoms with Gasteiger partial charge in [0.25, 0.3) is 0 Å². The summed E-state index contributed by atoms with van der Waals surface area (Å²) in [4.78, 5) is 31.6. The molecule has 2 aromatic rings. The number of ketones is 2. The van der Waals surface area contributed by atoms with E-state index in [-0.39, 0.29) is 23.0 Å². The van der Waals surface area contributed by atoms with Gasteiger partial charge >= 0.3 is 0 Å². The number of nitrogens with zero attached hydrogens (tertiary/aromatic N) is 5. The number of aromatic nitrogens is 3. The van der Waals surface area contributed by atoms with Crippen molar-refractivity contribution in [3.63, 3.8) is 0 Å². The first-order valence-corrected chi connectivity index (χ1v) is 13.4. The van der Waals surface area contributed by atoms with Crippen molar-refractivity contribution in [3.8, 4) is 0 Å². The second-order valence-electron chi connectivity index (χ2n) is 11.5. The van der Waals surface area contributed by atoms with Crippen LogP contribution >= 0.6 is 0 Å². The highest BCUT2D eigenvalue weighted by Gasteiger charge is 2.50. The van der Waals surface area contributed by atoms with Crippen LogP contribution in [0.5, 0.6) is 0 Å². The van der Waals surface area contributed by atoms with E-state index >= 15 is 0 Å². The summed E-state index contributed by atoms with van der Waals surface area (Å²) in [6.45, 7) is 5.65. The Labute approximate surface area is 205 Å². The number of hydrogen-bond acceptors (Lipinski definition) is 6. The lowest BCUT2D eigenvalue weighted by Gasteiger charge is -2.58. The fourth-order valence-corrected chi connectivity index (χ4v) is 8.33. The van der Waals surface area contributed by atoms with Gasteiger partial charge in [-0.3, -0.25) is 14.5 Å². The van der Waals surface area contributed by atoms with E-state index in [4.69, 9.17) is 0 Å². The Hall–Kier alpha value is -2.58. The minimum atomic E-state index is -0.348. The summed E-state index contributed by atoms with van der Waals surface area (Å²) in [6.07, 6.45) is 8.11. The normalized spacial score (nSPS) is 32.2. The molecular weight excluding hydrogens is 442 g/mol. The van der Waals surface area contributed by atoms with E-state index < -0.39 is 0 Å². The van der Waals surface area contributed by atoms with Crippen LogP contribution in [-0.4, -0.2) is 69.9 Å². The second-order valence-corrected chi connectivity index (χ2v) is 11.5. The Morgan fingerprint density at radius 2 is 1.49 bits per heavy atom. The standard InChI is InChI=1S/C27H33N5O3/c33-26-21-4-1-2-5-22(21)27(34)25-23(26)28-32(35)31(25)7-3-6-29-8-10-30(11-9-29)24-19-13-17-12-18(15-19)16-20(24)14-17/h1-2,4-5,17-20,24H,3,6-16H2. The van der Waals surface area contributed by atoms with Crippen molar-refractivity contribution in [1.29, 1.82) is 0 Å². The van der Waals surface area contributed by atoms with Crippen LogP contribution in [0, 0.1) is 28.9 Å². The predicted molar refractivity (Wildman–Crippen MR) is 128 cm³/mol. The summed E-state index contributed by atoms with van der Waals surface area (Å²) in [5.41, 5.74) is 0.795.